The predicted octanol–water partition coefficient (Wildman–Crippen LogP) is 4.93. The Morgan fingerprint density at radius 1 is 1.14 bits per heavy atom. The first-order chi connectivity index (χ1) is 20.9. The zero-order valence-electron chi connectivity index (χ0n) is 24.3. The number of carbonyl (C=O) groups excluding carboxylic acids is 2. The SMILES string of the molecule is C=CC(=O)N1CC2C(=O)N(C)c3c(c4cc(F)c(-c5c(O)cccc5F)c(F)c4n(-c4scnc4C(C)C)c3=O)N2CC1C. The molecule has 13 heteroatoms. The molecule has 0 radical (unpaired) electrons. The minimum atomic E-state index is -1.27. The first-order valence-electron chi connectivity index (χ1n) is 13.9. The van der Waals surface area contributed by atoms with Crippen LogP contribution >= 0.6 is 11.3 Å². The number of aromatic nitrogens is 2. The van der Waals surface area contributed by atoms with Gasteiger partial charge in [0, 0.05) is 25.0 Å². The molecule has 228 valence electrons. The smallest absolute Gasteiger partial charge is 0.282 e. The number of halogens is 3. The van der Waals surface area contributed by atoms with Gasteiger partial charge in [-0.05, 0) is 37.1 Å². The lowest BCUT2D eigenvalue weighted by Gasteiger charge is -2.49. The monoisotopic (exact) mass is 623 g/mol. The van der Waals surface area contributed by atoms with Gasteiger partial charge in [0.05, 0.1) is 40.1 Å². The number of piperazine rings is 1. The summed E-state index contributed by atoms with van der Waals surface area (Å²) in [4.78, 5) is 49.5. The second kappa shape index (κ2) is 10.5. The minimum Gasteiger partial charge on any atom is -0.507 e. The van der Waals surface area contributed by atoms with Crippen molar-refractivity contribution in [3.8, 4) is 21.9 Å². The molecule has 2 atom stereocenters. The van der Waals surface area contributed by atoms with Crippen molar-refractivity contribution in [1.82, 2.24) is 14.5 Å². The molecule has 0 bridgehead atoms. The van der Waals surface area contributed by atoms with Gasteiger partial charge >= 0.3 is 0 Å². The van der Waals surface area contributed by atoms with Gasteiger partial charge in [-0.15, -0.1) is 11.3 Å². The van der Waals surface area contributed by atoms with Crippen LogP contribution in [0.1, 0.15) is 32.4 Å². The summed E-state index contributed by atoms with van der Waals surface area (Å²) >= 11 is 1.06. The van der Waals surface area contributed by atoms with Crippen LogP contribution in [-0.2, 0) is 9.59 Å². The molecule has 44 heavy (non-hydrogen) atoms. The predicted molar refractivity (Wildman–Crippen MR) is 162 cm³/mol. The molecule has 9 nitrogen and oxygen atoms in total. The highest BCUT2D eigenvalue weighted by Gasteiger charge is 2.46. The maximum absolute atomic E-state index is 16.9. The van der Waals surface area contributed by atoms with Crippen LogP contribution < -0.4 is 15.4 Å². The fourth-order valence-electron chi connectivity index (χ4n) is 6.22. The van der Waals surface area contributed by atoms with E-state index < -0.39 is 57.9 Å². The van der Waals surface area contributed by atoms with Crippen LogP contribution in [0.3, 0.4) is 0 Å². The average molecular weight is 624 g/mol. The van der Waals surface area contributed by atoms with Crippen LogP contribution in [0.25, 0.3) is 27.0 Å². The Balaban J connectivity index is 1.76. The molecule has 1 saturated heterocycles. The van der Waals surface area contributed by atoms with Gasteiger partial charge in [-0.2, -0.15) is 0 Å². The second-order valence-electron chi connectivity index (χ2n) is 11.2. The van der Waals surface area contributed by atoms with Crippen molar-refractivity contribution in [2.45, 2.75) is 38.8 Å². The summed E-state index contributed by atoms with van der Waals surface area (Å²) in [6.07, 6.45) is 1.15. The Morgan fingerprint density at radius 2 is 1.86 bits per heavy atom. The summed E-state index contributed by atoms with van der Waals surface area (Å²) < 4.78 is 49.1. The summed E-state index contributed by atoms with van der Waals surface area (Å²) in [7, 11) is 1.41. The van der Waals surface area contributed by atoms with Crippen molar-refractivity contribution in [3.05, 3.63) is 75.9 Å². The van der Waals surface area contributed by atoms with Gasteiger partial charge in [0.2, 0.25) is 5.91 Å². The topological polar surface area (TPSA) is 99.0 Å². The third-order valence-corrected chi connectivity index (χ3v) is 9.13. The zero-order valence-corrected chi connectivity index (χ0v) is 25.1. The molecule has 0 saturated carbocycles. The number of pyridine rings is 1. The molecule has 1 fully saturated rings. The normalized spacial score (nSPS) is 18.2. The zero-order chi connectivity index (χ0) is 31.8. The summed E-state index contributed by atoms with van der Waals surface area (Å²) in [5.41, 5.74) is -0.687. The molecule has 2 aromatic heterocycles. The molecule has 4 aromatic rings. The van der Waals surface area contributed by atoms with Crippen molar-refractivity contribution in [1.29, 1.82) is 0 Å². The van der Waals surface area contributed by atoms with Crippen LogP contribution in [0.2, 0.25) is 0 Å². The van der Waals surface area contributed by atoms with Gasteiger partial charge < -0.3 is 19.8 Å². The van der Waals surface area contributed by atoms with Crippen LogP contribution in [-0.4, -0.2) is 63.6 Å². The van der Waals surface area contributed by atoms with Gasteiger partial charge in [-0.1, -0.05) is 26.5 Å². The number of phenolic OH excluding ortho intramolecular Hbond substituents is 1. The van der Waals surface area contributed by atoms with Crippen LogP contribution in [0, 0.1) is 17.5 Å². The Labute approximate surface area is 254 Å². The van der Waals surface area contributed by atoms with E-state index >= 15 is 13.2 Å². The van der Waals surface area contributed by atoms with Gasteiger partial charge in [0.1, 0.15) is 34.1 Å². The van der Waals surface area contributed by atoms with E-state index in [1.54, 1.807) is 11.8 Å². The average Bonchev–Trinajstić information content (AvgIpc) is 3.46. The standard InChI is InChI=1S/C31H28F3N5O4S/c1-6-21(41)37-12-19-29(42)36(5)28-27(38(19)11-15(37)4)16-10-18(33)23(22-17(32)8-7-9-20(22)40)24(34)26(16)39(30(28)43)31-25(14(2)3)35-13-44-31/h6-10,13-15,19,40H,1,11-12H2,2-5H3. The van der Waals surface area contributed by atoms with Gasteiger partial charge in [-0.3, -0.25) is 19.0 Å². The number of amides is 2. The quantitative estimate of drug-likeness (QED) is 0.324. The van der Waals surface area contributed by atoms with E-state index in [4.69, 9.17) is 0 Å². The fraction of sp³-hybridized carbons (Fsp3) is 0.290. The maximum Gasteiger partial charge on any atom is 0.282 e. The molecule has 6 rings (SSSR count). The van der Waals surface area contributed by atoms with Crippen molar-refractivity contribution in [3.63, 3.8) is 0 Å². The Kier molecular flexibility index (Phi) is 7.03. The first-order valence-corrected chi connectivity index (χ1v) is 14.8. The lowest BCUT2D eigenvalue weighted by Crippen LogP contribution is -2.66. The number of aromatic hydroxyl groups is 1. The van der Waals surface area contributed by atoms with E-state index in [9.17, 15) is 19.5 Å². The van der Waals surface area contributed by atoms with Crippen molar-refractivity contribution in [2.75, 3.05) is 29.9 Å². The third-order valence-electron chi connectivity index (χ3n) is 8.30. The van der Waals surface area contributed by atoms with Crippen LogP contribution in [0.4, 0.5) is 24.5 Å². The fourth-order valence-corrected chi connectivity index (χ4v) is 7.18. The van der Waals surface area contributed by atoms with Crippen LogP contribution in [0.5, 0.6) is 5.75 Å². The van der Waals surface area contributed by atoms with E-state index in [1.807, 2.05) is 13.8 Å². The number of rotatable bonds is 4. The number of thiazole rings is 1. The lowest BCUT2D eigenvalue weighted by molar-refractivity contribution is -0.130. The summed E-state index contributed by atoms with van der Waals surface area (Å²) in [6.45, 7) is 9.01. The summed E-state index contributed by atoms with van der Waals surface area (Å²) in [6, 6.07) is 2.87. The Hall–Kier alpha value is -4.65. The third kappa shape index (κ3) is 4.13. The Bertz CT molecular complexity index is 1930. The summed E-state index contributed by atoms with van der Waals surface area (Å²) in [5, 5.41) is 10.7. The highest BCUT2D eigenvalue weighted by molar-refractivity contribution is 7.12. The first kappa shape index (κ1) is 29.4. The number of hydrogen-bond acceptors (Lipinski definition) is 7. The number of likely N-dealkylation sites (N-methyl/N-ethyl adjacent to an activating group) is 1. The molecule has 2 aromatic carbocycles. The molecule has 2 amide bonds. The van der Waals surface area contributed by atoms with E-state index in [0.717, 1.165) is 45.1 Å². The molecule has 0 aliphatic carbocycles. The molecule has 2 aliphatic heterocycles. The molecular weight excluding hydrogens is 595 g/mol. The molecule has 4 heterocycles. The van der Waals surface area contributed by atoms with Crippen molar-refractivity contribution < 1.29 is 27.9 Å². The molecule has 2 aliphatic rings. The van der Waals surface area contributed by atoms with Crippen LogP contribution in [0.15, 0.2) is 47.2 Å². The molecule has 2 unspecified atom stereocenters. The number of benzene rings is 2. The number of phenols is 1. The van der Waals surface area contributed by atoms with Gasteiger partial charge in [0.15, 0.2) is 5.82 Å². The van der Waals surface area contributed by atoms with E-state index in [0.29, 0.717) is 5.69 Å². The van der Waals surface area contributed by atoms with Crippen molar-refractivity contribution in [2.24, 2.45) is 0 Å². The number of carbonyl (C=O) groups is 2. The maximum atomic E-state index is 16.9. The highest BCUT2D eigenvalue weighted by Crippen LogP contribution is 2.46. The van der Waals surface area contributed by atoms with E-state index in [2.05, 4.69) is 11.6 Å². The molecule has 1 N–H and O–H groups in total. The van der Waals surface area contributed by atoms with Gasteiger partial charge in [0.25, 0.3) is 11.5 Å². The minimum absolute atomic E-state index is 0.0439. The Morgan fingerprint density at radius 3 is 2.52 bits per heavy atom. The number of nitrogens with zero attached hydrogens (tertiary/aromatic N) is 5. The van der Waals surface area contributed by atoms with E-state index in [-0.39, 0.29) is 52.2 Å². The van der Waals surface area contributed by atoms with Crippen molar-refractivity contribution >= 4 is 45.4 Å². The largest absolute Gasteiger partial charge is 0.507 e. The second-order valence-corrected chi connectivity index (χ2v) is 12.1. The lowest BCUT2D eigenvalue weighted by atomic mass is 9.95. The summed E-state index contributed by atoms with van der Waals surface area (Å²) in [5.74, 6) is -5.25. The van der Waals surface area contributed by atoms with Gasteiger partial charge in [-0.25, -0.2) is 18.2 Å². The number of fused-ring (bicyclic) bond motifs is 5. The molecular formula is C31H28F3N5O4S. The highest BCUT2D eigenvalue weighted by atomic mass is 32.1. The number of hydrogen-bond donors (Lipinski definition) is 1. The van der Waals surface area contributed by atoms with E-state index in [1.165, 1.54) is 23.5 Å². The molecule has 0 spiro atoms. The number of anilines is 2.